The number of ether oxygens (including phenoxy) is 3. The normalized spacial score (nSPS) is 10.2. The summed E-state index contributed by atoms with van der Waals surface area (Å²) in [7, 11) is 0. The Morgan fingerprint density at radius 2 is 1.52 bits per heavy atom. The number of hydrogen-bond donors (Lipinski definition) is 2. The number of rotatable bonds is 10. The van der Waals surface area contributed by atoms with Crippen LogP contribution in [0.15, 0.2) is 42.5 Å². The Morgan fingerprint density at radius 1 is 0.852 bits per heavy atom. The maximum Gasteiger partial charge on any atom is 0.319 e. The van der Waals surface area contributed by atoms with E-state index in [1.165, 1.54) is 0 Å². The standard InChI is InChI=1S/C21H28N2O4/c1-4-25-18-10-8-17(9-11-18)23-21(24)22-14-13-16-7-12-19(26-5-2)20(15-16)27-6-3/h7-12,15H,4-6,13-14H2,1-3H3,(H2,22,23,24). The zero-order chi connectivity index (χ0) is 19.5. The number of hydrogen-bond acceptors (Lipinski definition) is 4. The van der Waals surface area contributed by atoms with Crippen LogP contribution in [-0.2, 0) is 6.42 Å². The van der Waals surface area contributed by atoms with Crippen molar-refractivity contribution in [1.82, 2.24) is 5.32 Å². The fourth-order valence-electron chi connectivity index (χ4n) is 2.55. The predicted molar refractivity (Wildman–Crippen MR) is 107 cm³/mol. The number of carbonyl (C=O) groups excluding carboxylic acids is 1. The molecule has 0 aromatic heterocycles. The molecule has 0 saturated carbocycles. The fraction of sp³-hybridized carbons (Fsp3) is 0.381. The van der Waals surface area contributed by atoms with Gasteiger partial charge in [-0.15, -0.1) is 0 Å². The van der Waals surface area contributed by atoms with Crippen LogP contribution in [0, 0.1) is 0 Å². The quantitative estimate of drug-likeness (QED) is 0.654. The lowest BCUT2D eigenvalue weighted by molar-refractivity contribution is 0.252. The van der Waals surface area contributed by atoms with Gasteiger partial charge in [-0.25, -0.2) is 4.79 Å². The Bertz CT molecular complexity index is 717. The molecule has 0 spiro atoms. The first-order valence-corrected chi connectivity index (χ1v) is 9.32. The van der Waals surface area contributed by atoms with Crippen LogP contribution >= 0.6 is 0 Å². The second-order valence-corrected chi connectivity index (χ2v) is 5.74. The van der Waals surface area contributed by atoms with E-state index in [-0.39, 0.29) is 6.03 Å². The van der Waals surface area contributed by atoms with Gasteiger partial charge in [-0.3, -0.25) is 0 Å². The van der Waals surface area contributed by atoms with Crippen molar-refractivity contribution in [3.8, 4) is 17.2 Å². The molecule has 2 aromatic carbocycles. The molecule has 146 valence electrons. The molecule has 0 bridgehead atoms. The first-order chi connectivity index (χ1) is 13.2. The van der Waals surface area contributed by atoms with Gasteiger partial charge in [0.25, 0.3) is 0 Å². The molecule has 0 aliphatic carbocycles. The van der Waals surface area contributed by atoms with E-state index in [1.807, 2.05) is 63.2 Å². The smallest absolute Gasteiger partial charge is 0.319 e. The highest BCUT2D eigenvalue weighted by Gasteiger charge is 2.07. The average Bonchev–Trinajstić information content (AvgIpc) is 2.66. The van der Waals surface area contributed by atoms with Gasteiger partial charge in [-0.2, -0.15) is 0 Å². The van der Waals surface area contributed by atoms with Gasteiger partial charge in [0.2, 0.25) is 0 Å². The minimum Gasteiger partial charge on any atom is -0.494 e. The Morgan fingerprint density at radius 3 is 2.19 bits per heavy atom. The highest BCUT2D eigenvalue weighted by Crippen LogP contribution is 2.28. The van der Waals surface area contributed by atoms with Crippen molar-refractivity contribution >= 4 is 11.7 Å². The summed E-state index contributed by atoms with van der Waals surface area (Å²) >= 11 is 0. The van der Waals surface area contributed by atoms with Gasteiger partial charge >= 0.3 is 6.03 Å². The van der Waals surface area contributed by atoms with Crippen molar-refractivity contribution in [2.45, 2.75) is 27.2 Å². The van der Waals surface area contributed by atoms with Crippen LogP contribution in [0.3, 0.4) is 0 Å². The Labute approximate surface area is 160 Å². The van der Waals surface area contributed by atoms with Crippen LogP contribution in [0.25, 0.3) is 0 Å². The van der Waals surface area contributed by atoms with E-state index in [2.05, 4.69) is 10.6 Å². The molecule has 6 heteroatoms. The third-order valence-electron chi connectivity index (χ3n) is 3.73. The van der Waals surface area contributed by atoms with Crippen LogP contribution in [0.2, 0.25) is 0 Å². The van der Waals surface area contributed by atoms with Crippen molar-refractivity contribution < 1.29 is 19.0 Å². The Balaban J connectivity index is 1.82. The molecule has 6 nitrogen and oxygen atoms in total. The molecular weight excluding hydrogens is 344 g/mol. The lowest BCUT2D eigenvalue weighted by atomic mass is 10.1. The molecule has 0 aliphatic heterocycles. The molecule has 2 aromatic rings. The van der Waals surface area contributed by atoms with Crippen LogP contribution < -0.4 is 24.8 Å². The minimum atomic E-state index is -0.241. The number of anilines is 1. The second kappa shape index (κ2) is 11.0. The van der Waals surface area contributed by atoms with E-state index in [0.29, 0.717) is 32.8 Å². The third-order valence-corrected chi connectivity index (χ3v) is 3.73. The summed E-state index contributed by atoms with van der Waals surface area (Å²) in [5, 5.41) is 5.66. The molecule has 27 heavy (non-hydrogen) atoms. The van der Waals surface area contributed by atoms with Crippen molar-refractivity contribution in [1.29, 1.82) is 0 Å². The molecule has 0 aliphatic rings. The Hall–Kier alpha value is -2.89. The maximum absolute atomic E-state index is 12.0. The summed E-state index contributed by atoms with van der Waals surface area (Å²) < 4.78 is 16.6. The highest BCUT2D eigenvalue weighted by atomic mass is 16.5. The lowest BCUT2D eigenvalue weighted by Crippen LogP contribution is -2.30. The van der Waals surface area contributed by atoms with E-state index < -0.39 is 0 Å². The van der Waals surface area contributed by atoms with Gasteiger partial charge < -0.3 is 24.8 Å². The molecule has 0 saturated heterocycles. The van der Waals surface area contributed by atoms with E-state index in [1.54, 1.807) is 0 Å². The SMILES string of the molecule is CCOc1ccc(NC(=O)NCCc2ccc(OCC)c(OCC)c2)cc1. The monoisotopic (exact) mass is 372 g/mol. The molecule has 0 unspecified atom stereocenters. The van der Waals surface area contributed by atoms with Crippen molar-refractivity contribution in [2.24, 2.45) is 0 Å². The van der Waals surface area contributed by atoms with Gasteiger partial charge in [0.05, 0.1) is 19.8 Å². The molecule has 2 amide bonds. The van der Waals surface area contributed by atoms with Gasteiger partial charge in [-0.1, -0.05) is 6.07 Å². The third kappa shape index (κ3) is 6.73. The molecule has 2 N–H and O–H groups in total. The van der Waals surface area contributed by atoms with Crippen molar-refractivity contribution in [3.63, 3.8) is 0 Å². The topological polar surface area (TPSA) is 68.8 Å². The zero-order valence-electron chi connectivity index (χ0n) is 16.2. The minimum absolute atomic E-state index is 0.241. The predicted octanol–water partition coefficient (Wildman–Crippen LogP) is 4.25. The summed E-state index contributed by atoms with van der Waals surface area (Å²) in [5.41, 5.74) is 1.79. The number of carbonyl (C=O) groups is 1. The summed E-state index contributed by atoms with van der Waals surface area (Å²) in [4.78, 5) is 12.0. The van der Waals surface area contributed by atoms with Crippen molar-refractivity contribution in [3.05, 3.63) is 48.0 Å². The molecule has 0 radical (unpaired) electrons. The number of urea groups is 1. The van der Waals surface area contributed by atoms with Gasteiger partial charge in [-0.05, 0) is 69.2 Å². The molecular formula is C21H28N2O4. The molecule has 0 heterocycles. The van der Waals surface area contributed by atoms with E-state index in [0.717, 1.165) is 28.5 Å². The summed E-state index contributed by atoms with van der Waals surface area (Å²) in [5.74, 6) is 2.25. The Kier molecular flexibility index (Phi) is 8.29. The first-order valence-electron chi connectivity index (χ1n) is 9.32. The summed E-state index contributed by atoms with van der Waals surface area (Å²) in [6.07, 6.45) is 0.698. The number of benzene rings is 2. The first kappa shape index (κ1) is 20.4. The van der Waals surface area contributed by atoms with Gasteiger partial charge in [0, 0.05) is 12.2 Å². The molecule has 2 rings (SSSR count). The maximum atomic E-state index is 12.0. The largest absolute Gasteiger partial charge is 0.494 e. The fourth-order valence-corrected chi connectivity index (χ4v) is 2.55. The highest BCUT2D eigenvalue weighted by molar-refractivity contribution is 5.89. The van der Waals surface area contributed by atoms with Crippen LogP contribution in [-0.4, -0.2) is 32.4 Å². The lowest BCUT2D eigenvalue weighted by Gasteiger charge is -2.13. The van der Waals surface area contributed by atoms with E-state index in [4.69, 9.17) is 14.2 Å². The van der Waals surface area contributed by atoms with Crippen LogP contribution in [0.5, 0.6) is 17.2 Å². The van der Waals surface area contributed by atoms with Gasteiger partial charge in [0.1, 0.15) is 5.75 Å². The van der Waals surface area contributed by atoms with Crippen molar-refractivity contribution in [2.75, 3.05) is 31.7 Å². The average molecular weight is 372 g/mol. The molecule has 0 fully saturated rings. The second-order valence-electron chi connectivity index (χ2n) is 5.74. The van der Waals surface area contributed by atoms with E-state index in [9.17, 15) is 4.79 Å². The molecule has 0 atom stereocenters. The number of nitrogens with one attached hydrogen (secondary N) is 2. The van der Waals surface area contributed by atoms with Gasteiger partial charge in [0.15, 0.2) is 11.5 Å². The summed E-state index contributed by atoms with van der Waals surface area (Å²) in [6, 6.07) is 12.9. The van der Waals surface area contributed by atoms with E-state index >= 15 is 0 Å². The zero-order valence-corrected chi connectivity index (χ0v) is 16.2. The van der Waals surface area contributed by atoms with Crippen LogP contribution in [0.4, 0.5) is 10.5 Å². The summed E-state index contributed by atoms with van der Waals surface area (Å²) in [6.45, 7) is 8.11. The number of amides is 2. The van der Waals surface area contributed by atoms with Crippen LogP contribution in [0.1, 0.15) is 26.3 Å².